The van der Waals surface area contributed by atoms with E-state index in [4.69, 9.17) is 9.57 Å². The number of carbonyl (C=O) groups excluding carboxylic acids is 2. The number of ether oxygens (including phenoxy) is 1. The van der Waals surface area contributed by atoms with Gasteiger partial charge in [0.2, 0.25) is 0 Å². The molecule has 0 spiro atoms. The van der Waals surface area contributed by atoms with Crippen molar-refractivity contribution in [2.75, 3.05) is 13.7 Å². The average molecular weight is 421 g/mol. The molecule has 1 unspecified atom stereocenters. The van der Waals surface area contributed by atoms with Crippen molar-refractivity contribution < 1.29 is 19.2 Å². The maximum atomic E-state index is 12.9. The van der Waals surface area contributed by atoms with Gasteiger partial charge in [-0.15, -0.1) is 0 Å². The topological polar surface area (TPSA) is 88.8 Å². The number of rotatable bonds is 11. The van der Waals surface area contributed by atoms with Crippen LogP contribution in [0.4, 0.5) is 0 Å². The molecule has 0 N–H and O–H groups in total. The van der Waals surface area contributed by atoms with Gasteiger partial charge in [-0.05, 0) is 42.5 Å². The summed E-state index contributed by atoms with van der Waals surface area (Å²) < 4.78 is 5.10. The Hall–Kier alpha value is -3.46. The van der Waals surface area contributed by atoms with Gasteiger partial charge >= 0.3 is 5.97 Å². The molecule has 0 saturated carbocycles. The summed E-state index contributed by atoms with van der Waals surface area (Å²) in [5, 5.41) is 13.2. The predicted octanol–water partition coefficient (Wildman–Crippen LogP) is 4.71. The van der Waals surface area contributed by atoms with Crippen LogP contribution in [0.2, 0.25) is 0 Å². The minimum atomic E-state index is -0.747. The third kappa shape index (κ3) is 6.51. The zero-order chi connectivity index (χ0) is 22.6. The molecule has 2 aromatic carbocycles. The highest BCUT2D eigenvalue weighted by molar-refractivity contribution is 6.40. The number of benzene rings is 2. The van der Waals surface area contributed by atoms with Gasteiger partial charge in [-0.2, -0.15) is 5.26 Å². The Bertz CT molecular complexity index is 958. The molecule has 0 radical (unpaired) electrons. The largest absolute Gasteiger partial charge is 0.461 e. The fourth-order valence-electron chi connectivity index (χ4n) is 3.32. The molecule has 6 heteroatoms. The fraction of sp³-hybridized carbons (Fsp3) is 0.360. The highest BCUT2D eigenvalue weighted by Gasteiger charge is 2.31. The minimum Gasteiger partial charge on any atom is -0.461 e. The number of unbranched alkanes of at least 4 members (excludes halogenated alkanes) is 1. The molecular weight excluding hydrogens is 392 g/mol. The van der Waals surface area contributed by atoms with E-state index in [1.807, 2.05) is 49.4 Å². The lowest BCUT2D eigenvalue weighted by Crippen LogP contribution is -2.33. The summed E-state index contributed by atoms with van der Waals surface area (Å²) >= 11 is 0. The Kier molecular flexibility index (Phi) is 9.44. The maximum absolute atomic E-state index is 12.9. The molecule has 2 aromatic rings. The van der Waals surface area contributed by atoms with Crippen molar-refractivity contribution in [1.82, 2.24) is 0 Å². The van der Waals surface area contributed by atoms with E-state index in [0.29, 0.717) is 18.4 Å². The first kappa shape index (κ1) is 23.8. The number of ketones is 1. The van der Waals surface area contributed by atoms with Crippen molar-refractivity contribution in [3.8, 4) is 17.2 Å². The monoisotopic (exact) mass is 420 g/mol. The fourth-order valence-corrected chi connectivity index (χ4v) is 3.32. The molecule has 0 aliphatic rings. The average Bonchev–Trinajstić information content (AvgIpc) is 2.80. The molecule has 6 nitrogen and oxygen atoms in total. The summed E-state index contributed by atoms with van der Waals surface area (Å²) in [6.07, 6.45) is 2.28. The standard InChI is InChI=1S/C25H28N2O4/c1-4-6-11-23(28)22(24(27-30-3)25(29)31-5-2)16-18-12-14-19(15-13-18)21-10-8-7-9-20(21)17-26/h7-10,12-15,22H,4-6,11,16H2,1-3H3/b27-24-. The van der Waals surface area contributed by atoms with Gasteiger partial charge in [0.15, 0.2) is 5.71 Å². The molecule has 0 aliphatic heterocycles. The van der Waals surface area contributed by atoms with Gasteiger partial charge in [0.25, 0.3) is 0 Å². The van der Waals surface area contributed by atoms with Crippen molar-refractivity contribution in [3.63, 3.8) is 0 Å². The molecule has 162 valence electrons. The molecule has 31 heavy (non-hydrogen) atoms. The number of Topliss-reactive ketones (excluding diaryl/α,β-unsaturated/α-hetero) is 1. The first-order chi connectivity index (χ1) is 15.0. The molecule has 0 fully saturated rings. The Morgan fingerprint density at radius 2 is 1.81 bits per heavy atom. The predicted molar refractivity (Wildman–Crippen MR) is 119 cm³/mol. The van der Waals surface area contributed by atoms with Crippen molar-refractivity contribution in [2.45, 2.75) is 39.5 Å². The second-order valence-corrected chi connectivity index (χ2v) is 7.06. The van der Waals surface area contributed by atoms with Gasteiger partial charge in [-0.1, -0.05) is 61.0 Å². The van der Waals surface area contributed by atoms with E-state index < -0.39 is 11.9 Å². The van der Waals surface area contributed by atoms with E-state index in [0.717, 1.165) is 29.5 Å². The first-order valence-corrected chi connectivity index (χ1v) is 10.4. The maximum Gasteiger partial charge on any atom is 0.356 e. The summed E-state index contributed by atoms with van der Waals surface area (Å²) in [6, 6.07) is 17.2. The third-order valence-electron chi connectivity index (χ3n) is 4.92. The van der Waals surface area contributed by atoms with Gasteiger partial charge in [-0.25, -0.2) is 4.79 Å². The molecule has 2 rings (SSSR count). The Balaban J connectivity index is 2.33. The van der Waals surface area contributed by atoms with Crippen molar-refractivity contribution in [2.24, 2.45) is 11.1 Å². The second kappa shape index (κ2) is 12.3. The molecule has 0 amide bonds. The number of nitrogens with zero attached hydrogens (tertiary/aromatic N) is 2. The van der Waals surface area contributed by atoms with Gasteiger partial charge in [0.1, 0.15) is 12.9 Å². The van der Waals surface area contributed by atoms with Crippen LogP contribution in [0, 0.1) is 17.2 Å². The molecule has 0 bridgehead atoms. The quantitative estimate of drug-likeness (QED) is 0.298. The molecule has 0 saturated heterocycles. The number of esters is 1. The van der Waals surface area contributed by atoms with Crippen LogP contribution in [0.1, 0.15) is 44.2 Å². The third-order valence-corrected chi connectivity index (χ3v) is 4.92. The number of hydrogen-bond donors (Lipinski definition) is 0. The van der Waals surface area contributed by atoms with Gasteiger partial charge in [-0.3, -0.25) is 4.79 Å². The van der Waals surface area contributed by atoms with E-state index in [2.05, 4.69) is 11.2 Å². The number of oxime groups is 1. The van der Waals surface area contributed by atoms with Gasteiger partial charge < -0.3 is 9.57 Å². The zero-order valence-electron chi connectivity index (χ0n) is 18.3. The molecule has 0 aliphatic carbocycles. The summed E-state index contributed by atoms with van der Waals surface area (Å²) in [4.78, 5) is 30.2. The van der Waals surface area contributed by atoms with E-state index in [1.54, 1.807) is 13.0 Å². The summed E-state index contributed by atoms with van der Waals surface area (Å²) in [6.45, 7) is 3.90. The van der Waals surface area contributed by atoms with Crippen LogP contribution in [0.15, 0.2) is 53.7 Å². The highest BCUT2D eigenvalue weighted by Crippen LogP contribution is 2.25. The van der Waals surface area contributed by atoms with Crippen LogP contribution in [0.25, 0.3) is 11.1 Å². The highest BCUT2D eigenvalue weighted by atomic mass is 16.6. The summed E-state index contributed by atoms with van der Waals surface area (Å²) in [5.41, 5.74) is 3.22. The summed E-state index contributed by atoms with van der Waals surface area (Å²) in [5.74, 6) is -1.45. The normalized spacial score (nSPS) is 12.0. The molecule has 0 aromatic heterocycles. The van der Waals surface area contributed by atoms with Crippen LogP contribution < -0.4 is 0 Å². The van der Waals surface area contributed by atoms with Crippen molar-refractivity contribution in [1.29, 1.82) is 5.26 Å². The Labute approximate surface area is 183 Å². The lowest BCUT2D eigenvalue weighted by molar-refractivity contribution is -0.136. The van der Waals surface area contributed by atoms with Gasteiger partial charge in [0.05, 0.1) is 24.2 Å². The molecule has 0 heterocycles. The van der Waals surface area contributed by atoms with Gasteiger partial charge in [0, 0.05) is 6.42 Å². The van der Waals surface area contributed by atoms with E-state index in [-0.39, 0.29) is 18.1 Å². The second-order valence-electron chi connectivity index (χ2n) is 7.06. The van der Waals surface area contributed by atoms with Crippen LogP contribution in [0.3, 0.4) is 0 Å². The van der Waals surface area contributed by atoms with E-state index >= 15 is 0 Å². The lowest BCUT2D eigenvalue weighted by atomic mass is 9.87. The summed E-state index contributed by atoms with van der Waals surface area (Å²) in [7, 11) is 1.34. The van der Waals surface area contributed by atoms with E-state index in [1.165, 1.54) is 7.11 Å². The van der Waals surface area contributed by atoms with Crippen LogP contribution >= 0.6 is 0 Å². The Morgan fingerprint density at radius 1 is 1.10 bits per heavy atom. The SMILES string of the molecule is CCCCC(=O)C(Cc1ccc(-c2ccccc2C#N)cc1)/C(=N/OC)C(=O)OCC. The zero-order valence-corrected chi connectivity index (χ0v) is 18.3. The van der Waals surface area contributed by atoms with Crippen LogP contribution in [-0.4, -0.2) is 31.2 Å². The first-order valence-electron chi connectivity index (χ1n) is 10.4. The minimum absolute atomic E-state index is 0.00986. The smallest absolute Gasteiger partial charge is 0.356 e. The number of nitriles is 1. The lowest BCUT2D eigenvalue weighted by Gasteiger charge is -2.17. The van der Waals surface area contributed by atoms with Crippen molar-refractivity contribution >= 4 is 17.5 Å². The number of carbonyl (C=O) groups is 2. The number of hydrogen-bond acceptors (Lipinski definition) is 6. The molecule has 1 atom stereocenters. The van der Waals surface area contributed by atoms with Crippen LogP contribution in [0.5, 0.6) is 0 Å². The van der Waals surface area contributed by atoms with Crippen molar-refractivity contribution in [3.05, 3.63) is 59.7 Å². The van der Waals surface area contributed by atoms with Crippen LogP contribution in [-0.2, 0) is 25.6 Å². The Morgan fingerprint density at radius 3 is 2.42 bits per heavy atom. The van der Waals surface area contributed by atoms with E-state index in [9.17, 15) is 14.9 Å². The molecular formula is C25H28N2O4.